The number of benzene rings is 1. The number of hydrogen-bond donors (Lipinski definition) is 0. The number of hydrogen-bond acceptors (Lipinski definition) is 3. The standard InChI is InChI=1S/C13H10BrN3O/c1-18-11-7-3-2-5-9(11)12-15-16-13-10(14)6-4-8-17(12)13/h2-8H,1H3. The quantitative estimate of drug-likeness (QED) is 0.730. The Kier molecular flexibility index (Phi) is 2.76. The molecule has 90 valence electrons. The fourth-order valence-electron chi connectivity index (χ4n) is 1.90. The summed E-state index contributed by atoms with van der Waals surface area (Å²) in [6.07, 6.45) is 1.93. The Bertz CT molecular complexity index is 708. The van der Waals surface area contributed by atoms with E-state index in [2.05, 4.69) is 26.1 Å². The molecule has 0 N–H and O–H groups in total. The molecule has 3 rings (SSSR count). The molecule has 0 spiro atoms. The molecule has 0 bridgehead atoms. The van der Waals surface area contributed by atoms with Crippen molar-refractivity contribution >= 4 is 21.6 Å². The normalized spacial score (nSPS) is 10.8. The second-order valence-corrected chi connectivity index (χ2v) is 4.63. The number of para-hydroxylation sites is 1. The summed E-state index contributed by atoms with van der Waals surface area (Å²) in [6, 6.07) is 11.7. The first-order chi connectivity index (χ1) is 8.81. The van der Waals surface area contributed by atoms with Crippen LogP contribution in [-0.2, 0) is 0 Å². The van der Waals surface area contributed by atoms with E-state index in [9.17, 15) is 0 Å². The molecule has 0 aliphatic heterocycles. The van der Waals surface area contributed by atoms with Crippen LogP contribution in [0.3, 0.4) is 0 Å². The van der Waals surface area contributed by atoms with E-state index in [1.54, 1.807) is 7.11 Å². The minimum atomic E-state index is 0.767. The van der Waals surface area contributed by atoms with Crippen molar-refractivity contribution in [2.75, 3.05) is 7.11 Å². The summed E-state index contributed by atoms with van der Waals surface area (Å²) in [7, 11) is 1.65. The van der Waals surface area contributed by atoms with Crippen LogP contribution in [0.5, 0.6) is 5.75 Å². The zero-order valence-corrected chi connectivity index (χ0v) is 11.3. The molecule has 0 aliphatic rings. The summed E-state index contributed by atoms with van der Waals surface area (Å²) >= 11 is 3.46. The van der Waals surface area contributed by atoms with Gasteiger partial charge in [0.1, 0.15) is 5.75 Å². The molecule has 0 amide bonds. The largest absolute Gasteiger partial charge is 0.496 e. The summed E-state index contributed by atoms with van der Waals surface area (Å²) in [4.78, 5) is 0. The van der Waals surface area contributed by atoms with Crippen molar-refractivity contribution in [1.82, 2.24) is 14.6 Å². The van der Waals surface area contributed by atoms with Gasteiger partial charge in [-0.05, 0) is 40.2 Å². The molecule has 1 aromatic carbocycles. The van der Waals surface area contributed by atoms with Crippen LogP contribution in [0.25, 0.3) is 17.0 Å². The van der Waals surface area contributed by atoms with Gasteiger partial charge in [0.2, 0.25) is 0 Å². The summed E-state index contributed by atoms with van der Waals surface area (Å²) < 4.78 is 8.20. The molecule has 0 saturated heterocycles. The highest BCUT2D eigenvalue weighted by molar-refractivity contribution is 9.10. The predicted octanol–water partition coefficient (Wildman–Crippen LogP) is 3.17. The van der Waals surface area contributed by atoms with E-state index in [0.717, 1.165) is 27.3 Å². The highest BCUT2D eigenvalue weighted by atomic mass is 79.9. The minimum Gasteiger partial charge on any atom is -0.496 e. The lowest BCUT2D eigenvalue weighted by Gasteiger charge is -2.06. The van der Waals surface area contributed by atoms with Crippen LogP contribution in [-0.4, -0.2) is 21.7 Å². The highest BCUT2D eigenvalue weighted by Gasteiger charge is 2.13. The Morgan fingerprint density at radius 2 is 1.94 bits per heavy atom. The molecule has 0 radical (unpaired) electrons. The van der Waals surface area contributed by atoms with Gasteiger partial charge in [0.25, 0.3) is 0 Å². The molecule has 2 aromatic heterocycles. The van der Waals surface area contributed by atoms with Gasteiger partial charge in [0.05, 0.1) is 17.1 Å². The third kappa shape index (κ3) is 1.67. The van der Waals surface area contributed by atoms with Crippen molar-refractivity contribution in [3.05, 3.63) is 47.1 Å². The van der Waals surface area contributed by atoms with Crippen molar-refractivity contribution in [2.24, 2.45) is 0 Å². The molecule has 4 nitrogen and oxygen atoms in total. The topological polar surface area (TPSA) is 39.4 Å². The second-order valence-electron chi connectivity index (χ2n) is 3.77. The van der Waals surface area contributed by atoms with Gasteiger partial charge in [-0.25, -0.2) is 0 Å². The molecule has 3 aromatic rings. The second kappa shape index (κ2) is 4.42. The lowest BCUT2D eigenvalue weighted by Crippen LogP contribution is -1.92. The highest BCUT2D eigenvalue weighted by Crippen LogP contribution is 2.29. The molecular formula is C13H10BrN3O. The fourth-order valence-corrected chi connectivity index (χ4v) is 2.32. The Labute approximate surface area is 112 Å². The van der Waals surface area contributed by atoms with Gasteiger partial charge in [0.15, 0.2) is 11.5 Å². The number of pyridine rings is 1. The van der Waals surface area contributed by atoms with Crippen LogP contribution >= 0.6 is 15.9 Å². The van der Waals surface area contributed by atoms with Crippen molar-refractivity contribution in [2.45, 2.75) is 0 Å². The zero-order chi connectivity index (χ0) is 12.5. The van der Waals surface area contributed by atoms with Gasteiger partial charge in [-0.2, -0.15) is 0 Å². The van der Waals surface area contributed by atoms with Crippen LogP contribution in [0.4, 0.5) is 0 Å². The van der Waals surface area contributed by atoms with E-state index in [4.69, 9.17) is 4.74 Å². The number of halogens is 1. The van der Waals surface area contributed by atoms with Crippen molar-refractivity contribution in [1.29, 1.82) is 0 Å². The molecular weight excluding hydrogens is 294 g/mol. The average molecular weight is 304 g/mol. The van der Waals surface area contributed by atoms with E-state index in [1.807, 2.05) is 47.0 Å². The summed E-state index contributed by atoms with van der Waals surface area (Å²) in [5.41, 5.74) is 1.71. The average Bonchev–Trinajstić information content (AvgIpc) is 2.84. The van der Waals surface area contributed by atoms with Gasteiger partial charge in [-0.3, -0.25) is 4.40 Å². The van der Waals surface area contributed by atoms with Crippen LogP contribution in [0.15, 0.2) is 47.1 Å². The molecule has 0 aliphatic carbocycles. The number of nitrogens with zero attached hydrogens (tertiary/aromatic N) is 3. The number of rotatable bonds is 2. The van der Waals surface area contributed by atoms with Crippen LogP contribution in [0, 0.1) is 0 Å². The summed E-state index contributed by atoms with van der Waals surface area (Å²) in [5, 5.41) is 8.42. The monoisotopic (exact) mass is 303 g/mol. The van der Waals surface area contributed by atoms with Crippen LogP contribution < -0.4 is 4.74 Å². The van der Waals surface area contributed by atoms with Gasteiger partial charge in [0, 0.05) is 6.20 Å². The van der Waals surface area contributed by atoms with Crippen molar-refractivity contribution < 1.29 is 4.74 Å². The van der Waals surface area contributed by atoms with E-state index in [1.165, 1.54) is 0 Å². The van der Waals surface area contributed by atoms with Gasteiger partial charge < -0.3 is 4.74 Å². The van der Waals surface area contributed by atoms with E-state index < -0.39 is 0 Å². The number of aromatic nitrogens is 3. The molecule has 2 heterocycles. The lowest BCUT2D eigenvalue weighted by molar-refractivity contribution is 0.416. The third-order valence-corrected chi connectivity index (χ3v) is 3.35. The SMILES string of the molecule is COc1ccccc1-c1nnc2c(Br)cccn12. The maximum Gasteiger partial charge on any atom is 0.175 e. The maximum atomic E-state index is 5.36. The molecule has 0 unspecified atom stereocenters. The smallest absolute Gasteiger partial charge is 0.175 e. The Morgan fingerprint density at radius 1 is 1.11 bits per heavy atom. The lowest BCUT2D eigenvalue weighted by atomic mass is 10.2. The summed E-state index contributed by atoms with van der Waals surface area (Å²) in [5.74, 6) is 1.55. The van der Waals surface area contributed by atoms with E-state index in [-0.39, 0.29) is 0 Å². The Hall–Kier alpha value is -1.88. The number of fused-ring (bicyclic) bond motifs is 1. The van der Waals surface area contributed by atoms with Crippen molar-refractivity contribution in [3.8, 4) is 17.1 Å². The van der Waals surface area contributed by atoms with Crippen LogP contribution in [0.1, 0.15) is 0 Å². The Balaban J connectivity index is 2.29. The molecule has 0 atom stereocenters. The van der Waals surface area contributed by atoms with Crippen molar-refractivity contribution in [3.63, 3.8) is 0 Å². The van der Waals surface area contributed by atoms with Gasteiger partial charge in [-0.1, -0.05) is 12.1 Å². The predicted molar refractivity (Wildman–Crippen MR) is 72.7 cm³/mol. The van der Waals surface area contributed by atoms with E-state index in [0.29, 0.717) is 0 Å². The van der Waals surface area contributed by atoms with Gasteiger partial charge >= 0.3 is 0 Å². The summed E-state index contributed by atoms with van der Waals surface area (Å²) in [6.45, 7) is 0. The number of ether oxygens (including phenoxy) is 1. The van der Waals surface area contributed by atoms with Gasteiger partial charge in [-0.15, -0.1) is 10.2 Å². The first-order valence-electron chi connectivity index (χ1n) is 5.44. The first-order valence-corrected chi connectivity index (χ1v) is 6.23. The maximum absolute atomic E-state index is 5.36. The fraction of sp³-hybridized carbons (Fsp3) is 0.0769. The molecule has 0 fully saturated rings. The molecule has 0 saturated carbocycles. The Morgan fingerprint density at radius 3 is 2.78 bits per heavy atom. The molecule has 18 heavy (non-hydrogen) atoms. The zero-order valence-electron chi connectivity index (χ0n) is 9.67. The molecule has 5 heteroatoms. The number of methoxy groups -OCH3 is 1. The minimum absolute atomic E-state index is 0.767. The van der Waals surface area contributed by atoms with E-state index >= 15 is 0 Å². The third-order valence-electron chi connectivity index (χ3n) is 2.73. The first kappa shape index (κ1) is 11.2. The van der Waals surface area contributed by atoms with Crippen LogP contribution in [0.2, 0.25) is 0 Å².